The van der Waals surface area contributed by atoms with Crippen molar-refractivity contribution in [2.24, 2.45) is 5.92 Å². The highest BCUT2D eigenvalue weighted by atomic mass is 19.2. The van der Waals surface area contributed by atoms with Gasteiger partial charge in [-0.2, -0.15) is 0 Å². The van der Waals surface area contributed by atoms with E-state index < -0.39 is 46.8 Å². The second-order valence-electron chi connectivity index (χ2n) is 8.28. The van der Waals surface area contributed by atoms with Crippen molar-refractivity contribution in [1.29, 1.82) is 0 Å². The van der Waals surface area contributed by atoms with E-state index in [0.29, 0.717) is 44.4 Å². The Kier molecular flexibility index (Phi) is 7.51. The molecule has 8 nitrogen and oxygen atoms in total. The van der Waals surface area contributed by atoms with Crippen LogP contribution in [-0.4, -0.2) is 28.7 Å². The minimum Gasteiger partial charge on any atom is -0.466 e. The first-order valence-corrected chi connectivity index (χ1v) is 11.3. The van der Waals surface area contributed by atoms with Gasteiger partial charge in [-0.05, 0) is 56.2 Å². The number of carbonyl (C=O) groups is 2. The molecule has 0 spiro atoms. The van der Waals surface area contributed by atoms with Crippen LogP contribution in [0.3, 0.4) is 0 Å². The van der Waals surface area contributed by atoms with Crippen LogP contribution in [0.25, 0.3) is 0 Å². The van der Waals surface area contributed by atoms with E-state index in [9.17, 15) is 27.2 Å². The van der Waals surface area contributed by atoms with E-state index in [1.165, 1.54) is 12.1 Å². The summed E-state index contributed by atoms with van der Waals surface area (Å²) in [6, 6.07) is 4.86. The van der Waals surface area contributed by atoms with Crippen LogP contribution in [0.1, 0.15) is 54.8 Å². The quantitative estimate of drug-likeness (QED) is 0.249. The van der Waals surface area contributed by atoms with E-state index in [-0.39, 0.29) is 23.5 Å². The van der Waals surface area contributed by atoms with E-state index in [0.717, 1.165) is 5.56 Å². The van der Waals surface area contributed by atoms with Gasteiger partial charge in [-0.3, -0.25) is 9.59 Å². The first kappa shape index (κ1) is 25.1. The van der Waals surface area contributed by atoms with Crippen LogP contribution in [0.2, 0.25) is 0 Å². The van der Waals surface area contributed by atoms with Gasteiger partial charge in [0.05, 0.1) is 23.9 Å². The minimum atomic E-state index is -1.37. The van der Waals surface area contributed by atoms with Crippen LogP contribution in [0, 0.1) is 29.2 Å². The lowest BCUT2D eigenvalue weighted by Crippen LogP contribution is -2.23. The summed E-state index contributed by atoms with van der Waals surface area (Å²) >= 11 is 0. The molecule has 1 aliphatic rings. The maximum atomic E-state index is 14.7. The summed E-state index contributed by atoms with van der Waals surface area (Å²) in [5, 5.41) is 11.6. The van der Waals surface area contributed by atoms with Crippen LogP contribution in [0.15, 0.2) is 34.7 Å². The molecule has 4 rings (SSSR count). The number of nitrogens with zero attached hydrogens (tertiary/aromatic N) is 2. The highest BCUT2D eigenvalue weighted by Crippen LogP contribution is 2.37. The number of amides is 1. The molecule has 0 bridgehead atoms. The van der Waals surface area contributed by atoms with Gasteiger partial charge >= 0.3 is 23.8 Å². The Labute approximate surface area is 203 Å². The van der Waals surface area contributed by atoms with Crippen LogP contribution in [0.4, 0.5) is 35.0 Å². The Balaban J connectivity index is 1.37. The number of ether oxygens (including phenoxy) is 1. The average molecular weight is 506 g/mol. The lowest BCUT2D eigenvalue weighted by molar-refractivity contribution is -0.149. The van der Waals surface area contributed by atoms with Gasteiger partial charge < -0.3 is 19.8 Å². The van der Waals surface area contributed by atoms with Crippen molar-refractivity contribution in [1.82, 2.24) is 10.2 Å². The maximum absolute atomic E-state index is 14.7. The van der Waals surface area contributed by atoms with Crippen LogP contribution in [0.5, 0.6) is 0 Å². The third-order valence-electron chi connectivity index (χ3n) is 5.93. The fourth-order valence-corrected chi connectivity index (χ4v) is 4.08. The maximum Gasteiger partial charge on any atom is 0.320 e. The van der Waals surface area contributed by atoms with E-state index in [1.807, 2.05) is 0 Å². The van der Waals surface area contributed by atoms with E-state index in [1.54, 1.807) is 13.0 Å². The fraction of sp³-hybridized carbons (Fsp3) is 0.333. The molecule has 1 fully saturated rings. The van der Waals surface area contributed by atoms with Gasteiger partial charge in [0.15, 0.2) is 11.6 Å². The molecule has 1 aliphatic carbocycles. The largest absolute Gasteiger partial charge is 0.466 e. The van der Waals surface area contributed by atoms with Crippen molar-refractivity contribution in [3.05, 3.63) is 65.1 Å². The summed E-state index contributed by atoms with van der Waals surface area (Å²) < 4.78 is 65.0. The SMILES string of the molecule is CCOC(=O)[C@H]1CC[C@H](c2ccc(NC(=O)c3nnc(Nc4cc(F)c(F)cc4F)o3)c(F)c2)CC1. The molecule has 1 heterocycles. The molecule has 0 aliphatic heterocycles. The summed E-state index contributed by atoms with van der Waals surface area (Å²) in [5.74, 6) is -6.22. The van der Waals surface area contributed by atoms with Gasteiger partial charge in [-0.15, -0.1) is 5.10 Å². The van der Waals surface area contributed by atoms with E-state index >= 15 is 0 Å². The highest BCUT2D eigenvalue weighted by molar-refractivity contribution is 6.01. The first-order chi connectivity index (χ1) is 17.2. The smallest absolute Gasteiger partial charge is 0.320 e. The van der Waals surface area contributed by atoms with Crippen molar-refractivity contribution in [3.8, 4) is 0 Å². The molecule has 2 aromatic carbocycles. The van der Waals surface area contributed by atoms with E-state index in [2.05, 4.69) is 20.8 Å². The monoisotopic (exact) mass is 506 g/mol. The number of aromatic nitrogens is 2. The number of rotatable bonds is 7. The zero-order valence-corrected chi connectivity index (χ0v) is 19.1. The number of anilines is 3. The molecule has 0 unspecified atom stereocenters. The summed E-state index contributed by atoms with van der Waals surface area (Å²) in [4.78, 5) is 24.3. The van der Waals surface area contributed by atoms with Gasteiger partial charge in [0, 0.05) is 12.1 Å². The standard InChI is InChI=1S/C24H22F4N4O4/c1-2-35-23(34)13-5-3-12(4-6-13)14-7-8-19(17(27)9-14)29-21(33)22-31-32-24(36-22)30-20-11-16(26)15(25)10-18(20)28/h7-13H,2-6H2,1H3,(H,29,33)(H,30,32)/t12-,13-. The number of hydrogen-bond donors (Lipinski definition) is 2. The number of hydrogen-bond acceptors (Lipinski definition) is 7. The molecule has 0 saturated heterocycles. The second kappa shape index (κ2) is 10.8. The summed E-state index contributed by atoms with van der Waals surface area (Å²) in [5.41, 5.74) is 0.149. The molecule has 3 aromatic rings. The van der Waals surface area contributed by atoms with Gasteiger partial charge in [-0.1, -0.05) is 11.2 Å². The molecule has 36 heavy (non-hydrogen) atoms. The highest BCUT2D eigenvalue weighted by Gasteiger charge is 2.28. The van der Waals surface area contributed by atoms with Gasteiger partial charge in [0.1, 0.15) is 11.6 Å². The fourth-order valence-electron chi connectivity index (χ4n) is 4.08. The van der Waals surface area contributed by atoms with Crippen LogP contribution in [-0.2, 0) is 9.53 Å². The number of esters is 1. The van der Waals surface area contributed by atoms with Gasteiger partial charge in [0.25, 0.3) is 0 Å². The van der Waals surface area contributed by atoms with Crippen molar-refractivity contribution in [2.75, 3.05) is 17.2 Å². The first-order valence-electron chi connectivity index (χ1n) is 11.3. The Bertz CT molecular complexity index is 1270. The second-order valence-corrected chi connectivity index (χ2v) is 8.28. The third kappa shape index (κ3) is 5.64. The van der Waals surface area contributed by atoms with Crippen molar-refractivity contribution in [3.63, 3.8) is 0 Å². The van der Waals surface area contributed by atoms with Crippen molar-refractivity contribution < 1.29 is 36.3 Å². The average Bonchev–Trinajstić information content (AvgIpc) is 3.33. The number of nitrogens with one attached hydrogen (secondary N) is 2. The van der Waals surface area contributed by atoms with Gasteiger partial charge in [0.2, 0.25) is 0 Å². The lowest BCUT2D eigenvalue weighted by atomic mass is 9.78. The summed E-state index contributed by atoms with van der Waals surface area (Å²) in [6.07, 6.45) is 2.74. The summed E-state index contributed by atoms with van der Waals surface area (Å²) in [7, 11) is 0. The molecule has 190 valence electrons. The minimum absolute atomic E-state index is 0.0798. The number of halogens is 4. The van der Waals surface area contributed by atoms with Crippen molar-refractivity contribution in [2.45, 2.75) is 38.5 Å². The zero-order chi connectivity index (χ0) is 25.8. The molecule has 1 amide bonds. The molecular formula is C24H22F4N4O4. The molecule has 0 atom stereocenters. The van der Waals surface area contributed by atoms with Crippen LogP contribution >= 0.6 is 0 Å². The molecular weight excluding hydrogens is 484 g/mol. The Morgan fingerprint density at radius 1 is 0.944 bits per heavy atom. The normalized spacial score (nSPS) is 17.5. The van der Waals surface area contributed by atoms with Crippen LogP contribution < -0.4 is 10.6 Å². The van der Waals surface area contributed by atoms with Crippen molar-refractivity contribution >= 4 is 29.3 Å². The molecule has 12 heteroatoms. The molecule has 0 radical (unpaired) electrons. The van der Waals surface area contributed by atoms with E-state index in [4.69, 9.17) is 9.15 Å². The molecule has 1 aromatic heterocycles. The van der Waals surface area contributed by atoms with Gasteiger partial charge in [-0.25, -0.2) is 17.6 Å². The zero-order valence-electron chi connectivity index (χ0n) is 19.1. The molecule has 1 saturated carbocycles. The lowest BCUT2D eigenvalue weighted by Gasteiger charge is -2.27. The summed E-state index contributed by atoms with van der Waals surface area (Å²) in [6.45, 7) is 2.10. The Morgan fingerprint density at radius 2 is 1.64 bits per heavy atom. The third-order valence-corrected chi connectivity index (χ3v) is 5.93. The number of benzene rings is 2. The predicted octanol–water partition coefficient (Wildman–Crippen LogP) is 5.46. The number of carbonyl (C=O) groups excluding carboxylic acids is 2. The Morgan fingerprint density at radius 3 is 2.33 bits per heavy atom. The molecule has 2 N–H and O–H groups in total. The topological polar surface area (TPSA) is 106 Å². The predicted molar refractivity (Wildman–Crippen MR) is 120 cm³/mol. The Hall–Kier alpha value is -3.96.